The molecule has 0 radical (unpaired) electrons. The Balaban J connectivity index is 2.10. The summed E-state index contributed by atoms with van der Waals surface area (Å²) in [4.78, 5) is 27.5. The molecule has 0 bridgehead atoms. The van der Waals surface area contributed by atoms with E-state index in [-0.39, 0.29) is 11.7 Å². The normalized spacial score (nSPS) is 22.4. The second-order valence-corrected chi connectivity index (χ2v) is 6.87. The number of likely N-dealkylation sites (tertiary alicyclic amines) is 1. The predicted octanol–water partition coefficient (Wildman–Crippen LogP) is 2.78. The van der Waals surface area contributed by atoms with Crippen molar-refractivity contribution in [3.63, 3.8) is 0 Å². The van der Waals surface area contributed by atoms with Crippen LogP contribution in [0.25, 0.3) is 0 Å². The summed E-state index contributed by atoms with van der Waals surface area (Å²) in [6, 6.07) is -0.802. The highest BCUT2D eigenvalue weighted by molar-refractivity contribution is 9.11. The molecule has 0 aromatic carbocycles. The molecular formula is C10H9BrF3N3O3S. The van der Waals surface area contributed by atoms with E-state index >= 15 is 0 Å². The average molecular weight is 388 g/mol. The number of carbonyl (C=O) groups is 2. The van der Waals surface area contributed by atoms with E-state index in [4.69, 9.17) is 5.11 Å². The Morgan fingerprint density at radius 3 is 2.62 bits per heavy atom. The number of anilines is 1. The summed E-state index contributed by atoms with van der Waals surface area (Å²) in [5.41, 5.74) is -2.91. The van der Waals surface area contributed by atoms with Crippen LogP contribution < -0.4 is 5.32 Å². The molecule has 0 saturated carbocycles. The number of rotatable bonds is 2. The minimum atomic E-state index is -4.92. The predicted molar refractivity (Wildman–Crippen MR) is 71.1 cm³/mol. The van der Waals surface area contributed by atoms with Crippen LogP contribution in [-0.4, -0.2) is 46.3 Å². The first kappa shape index (κ1) is 16.0. The number of carbonyl (C=O) groups excluding carboxylic acids is 1. The van der Waals surface area contributed by atoms with Gasteiger partial charge in [0.1, 0.15) is 0 Å². The maximum Gasteiger partial charge on any atom is 0.406 e. The molecule has 1 fully saturated rings. The van der Waals surface area contributed by atoms with E-state index in [0.717, 1.165) is 16.2 Å². The van der Waals surface area contributed by atoms with E-state index in [1.807, 2.05) is 0 Å². The van der Waals surface area contributed by atoms with Gasteiger partial charge in [-0.1, -0.05) is 11.3 Å². The molecule has 21 heavy (non-hydrogen) atoms. The van der Waals surface area contributed by atoms with Gasteiger partial charge in [0.15, 0.2) is 10.5 Å². The van der Waals surface area contributed by atoms with Crippen molar-refractivity contribution in [3.05, 3.63) is 9.98 Å². The summed E-state index contributed by atoms with van der Waals surface area (Å²) in [5.74, 6) is -1.97. The molecule has 1 atom stereocenters. The molecule has 0 spiro atoms. The first-order chi connectivity index (χ1) is 9.65. The summed E-state index contributed by atoms with van der Waals surface area (Å²) in [5, 5.41) is 11.4. The standard InChI is InChI=1S/C10H9BrF3N3O3S/c11-5-3-15-7(21-5)16-8(20)17-2-1-9(4-17,6(18)19)10(12,13)14/h3H,1-2,4H2,(H,18,19)(H,15,16,20). The Hall–Kier alpha value is -1.36. The maximum absolute atomic E-state index is 13.0. The first-order valence-corrected chi connectivity index (χ1v) is 7.24. The van der Waals surface area contributed by atoms with Gasteiger partial charge in [-0.25, -0.2) is 9.78 Å². The van der Waals surface area contributed by atoms with Gasteiger partial charge in [0.05, 0.1) is 9.98 Å². The van der Waals surface area contributed by atoms with Gasteiger partial charge in [-0.3, -0.25) is 10.1 Å². The van der Waals surface area contributed by atoms with Gasteiger partial charge >= 0.3 is 18.2 Å². The highest BCUT2D eigenvalue weighted by Gasteiger charge is 2.64. The molecular weight excluding hydrogens is 379 g/mol. The summed E-state index contributed by atoms with van der Waals surface area (Å²) in [6.45, 7) is -1.20. The fourth-order valence-corrected chi connectivity index (χ4v) is 3.09. The Kier molecular flexibility index (Phi) is 4.15. The second-order valence-electron chi connectivity index (χ2n) is 4.46. The van der Waals surface area contributed by atoms with Crippen molar-refractivity contribution >= 4 is 44.4 Å². The van der Waals surface area contributed by atoms with Gasteiger partial charge in [-0.2, -0.15) is 13.2 Å². The van der Waals surface area contributed by atoms with Gasteiger partial charge in [0.2, 0.25) is 0 Å². The van der Waals surface area contributed by atoms with Crippen LogP contribution in [0.1, 0.15) is 6.42 Å². The Morgan fingerprint density at radius 1 is 1.52 bits per heavy atom. The van der Waals surface area contributed by atoms with E-state index in [9.17, 15) is 22.8 Å². The van der Waals surface area contributed by atoms with Crippen molar-refractivity contribution in [3.8, 4) is 0 Å². The third-order valence-corrected chi connectivity index (χ3v) is 4.59. The lowest BCUT2D eigenvalue weighted by Gasteiger charge is -2.27. The molecule has 2 rings (SSSR count). The van der Waals surface area contributed by atoms with Crippen LogP contribution in [0.2, 0.25) is 0 Å². The number of carboxylic acids is 1. The Morgan fingerprint density at radius 2 is 2.19 bits per heavy atom. The number of nitrogens with one attached hydrogen (secondary N) is 1. The number of aromatic nitrogens is 1. The lowest BCUT2D eigenvalue weighted by Crippen LogP contribution is -2.48. The minimum absolute atomic E-state index is 0.215. The van der Waals surface area contributed by atoms with Crippen molar-refractivity contribution in [1.82, 2.24) is 9.88 Å². The average Bonchev–Trinajstić information content (AvgIpc) is 2.95. The van der Waals surface area contributed by atoms with Crippen LogP contribution in [0, 0.1) is 5.41 Å². The second kappa shape index (κ2) is 5.44. The van der Waals surface area contributed by atoms with Crippen LogP contribution in [0.15, 0.2) is 9.98 Å². The number of hydrogen-bond acceptors (Lipinski definition) is 4. The molecule has 1 aromatic heterocycles. The number of thiazole rings is 1. The molecule has 11 heteroatoms. The molecule has 2 amide bonds. The summed E-state index contributed by atoms with van der Waals surface area (Å²) in [7, 11) is 0. The van der Waals surface area contributed by atoms with Crippen LogP contribution in [-0.2, 0) is 4.79 Å². The number of alkyl halides is 3. The first-order valence-electron chi connectivity index (χ1n) is 5.63. The fourth-order valence-electron chi connectivity index (χ4n) is 1.99. The van der Waals surface area contributed by atoms with Crippen molar-refractivity contribution in [1.29, 1.82) is 0 Å². The van der Waals surface area contributed by atoms with Crippen molar-refractivity contribution in [2.24, 2.45) is 5.41 Å². The summed E-state index contributed by atoms with van der Waals surface area (Å²) >= 11 is 4.23. The zero-order valence-electron chi connectivity index (χ0n) is 10.3. The number of carboxylic acid groups (broad SMARTS) is 1. The highest BCUT2D eigenvalue weighted by atomic mass is 79.9. The molecule has 1 aliphatic heterocycles. The van der Waals surface area contributed by atoms with Crippen molar-refractivity contribution < 1.29 is 27.9 Å². The van der Waals surface area contributed by atoms with Crippen LogP contribution in [0.3, 0.4) is 0 Å². The number of nitrogens with zero attached hydrogens (tertiary/aromatic N) is 2. The van der Waals surface area contributed by atoms with Crippen LogP contribution in [0.4, 0.5) is 23.1 Å². The van der Waals surface area contributed by atoms with E-state index < -0.39 is 36.6 Å². The monoisotopic (exact) mass is 387 g/mol. The SMILES string of the molecule is O=C(Nc1ncc(Br)s1)N1CCC(C(=O)O)(C(F)(F)F)C1. The third-order valence-electron chi connectivity index (χ3n) is 3.20. The van der Waals surface area contributed by atoms with E-state index in [1.54, 1.807) is 0 Å². The molecule has 2 heterocycles. The van der Waals surface area contributed by atoms with Crippen molar-refractivity contribution in [2.75, 3.05) is 18.4 Å². The van der Waals surface area contributed by atoms with Crippen LogP contribution >= 0.6 is 27.3 Å². The zero-order chi connectivity index (χ0) is 15.8. The Bertz CT molecular complexity index is 579. The minimum Gasteiger partial charge on any atom is -0.481 e. The smallest absolute Gasteiger partial charge is 0.406 e. The molecule has 2 N–H and O–H groups in total. The van der Waals surface area contributed by atoms with E-state index in [2.05, 4.69) is 26.2 Å². The van der Waals surface area contributed by atoms with E-state index in [1.165, 1.54) is 6.20 Å². The van der Waals surface area contributed by atoms with Gasteiger partial charge in [-0.15, -0.1) is 0 Å². The zero-order valence-corrected chi connectivity index (χ0v) is 12.7. The molecule has 116 valence electrons. The molecule has 1 aliphatic rings. The molecule has 1 aromatic rings. The summed E-state index contributed by atoms with van der Waals surface area (Å²) < 4.78 is 39.6. The maximum atomic E-state index is 13.0. The number of aliphatic carboxylic acids is 1. The lowest BCUT2D eigenvalue weighted by atomic mass is 9.86. The largest absolute Gasteiger partial charge is 0.481 e. The third kappa shape index (κ3) is 2.98. The number of urea groups is 1. The fraction of sp³-hybridized carbons (Fsp3) is 0.500. The van der Waals surface area contributed by atoms with E-state index in [0.29, 0.717) is 3.79 Å². The topological polar surface area (TPSA) is 82.5 Å². The van der Waals surface area contributed by atoms with Gasteiger partial charge < -0.3 is 10.0 Å². The molecule has 6 nitrogen and oxygen atoms in total. The number of halogens is 4. The lowest BCUT2D eigenvalue weighted by molar-refractivity contribution is -0.226. The van der Waals surface area contributed by atoms with Crippen LogP contribution in [0.5, 0.6) is 0 Å². The quantitative estimate of drug-likeness (QED) is 0.817. The van der Waals surface area contributed by atoms with Gasteiger partial charge in [0, 0.05) is 13.1 Å². The van der Waals surface area contributed by atoms with Gasteiger partial charge in [0.25, 0.3) is 0 Å². The van der Waals surface area contributed by atoms with Crippen molar-refractivity contribution in [2.45, 2.75) is 12.6 Å². The Labute approximate surface area is 129 Å². The number of amides is 2. The summed E-state index contributed by atoms with van der Waals surface area (Å²) in [6.07, 6.45) is -4.15. The molecule has 1 saturated heterocycles. The molecule has 0 aliphatic carbocycles. The molecule has 1 unspecified atom stereocenters. The number of hydrogen-bond donors (Lipinski definition) is 2. The highest BCUT2D eigenvalue weighted by Crippen LogP contribution is 2.45. The van der Waals surface area contributed by atoms with Gasteiger partial charge in [-0.05, 0) is 22.4 Å².